The van der Waals surface area contributed by atoms with Crippen molar-refractivity contribution in [2.45, 2.75) is 55.4 Å². The minimum absolute atomic E-state index is 0.566. The molecule has 0 saturated heterocycles. The minimum atomic E-state index is 0.566. The molecule has 0 aliphatic heterocycles. The van der Waals surface area contributed by atoms with Crippen LogP contribution in [0.2, 0.25) is 10.0 Å². The number of benzene rings is 1. The molecule has 0 aliphatic carbocycles. The van der Waals surface area contributed by atoms with Crippen LogP contribution in [0.15, 0.2) is 6.07 Å². The summed E-state index contributed by atoms with van der Waals surface area (Å²) in [6, 6.07) is 1.94. The quantitative estimate of drug-likeness (QED) is 0.490. The van der Waals surface area contributed by atoms with Crippen molar-refractivity contribution in [1.82, 2.24) is 0 Å². The zero-order valence-corrected chi connectivity index (χ0v) is 17.5. The highest BCUT2D eigenvalue weighted by Gasteiger charge is 2.11. The number of aryl methyl sites for hydroxylation is 2. The van der Waals surface area contributed by atoms with Gasteiger partial charge >= 0.3 is 0 Å². The first-order valence-corrected chi connectivity index (χ1v) is 9.06. The molecule has 1 aromatic rings. The van der Waals surface area contributed by atoms with Gasteiger partial charge in [0.25, 0.3) is 0 Å². The molecule has 4 heteroatoms. The summed E-state index contributed by atoms with van der Waals surface area (Å²) in [6.07, 6.45) is 0. The fraction of sp³-hybridized carbons (Fsp3) is 0.625. The Balaban J connectivity index is -0.000000138. The van der Waals surface area contributed by atoms with Crippen LogP contribution in [0.5, 0.6) is 5.75 Å². The Morgan fingerprint density at radius 2 is 1.05 bits per heavy atom. The summed E-state index contributed by atoms with van der Waals surface area (Å²) in [5.41, 5.74) is 1.96. The predicted molar refractivity (Wildman–Crippen MR) is 102 cm³/mol. The monoisotopic (exact) mass is 342 g/mol. The van der Waals surface area contributed by atoms with Gasteiger partial charge in [0.2, 0.25) is 0 Å². The Morgan fingerprint density at radius 1 is 0.800 bits per heavy atom. The molecule has 122 valence electrons. The summed E-state index contributed by atoms with van der Waals surface area (Å²) in [5, 5.41) is 1.18. The van der Waals surface area contributed by atoms with E-state index < -0.39 is 0 Å². The highest BCUT2D eigenvalue weighted by atomic mass is 35.5. The molecule has 0 radical (unpaired) electrons. The van der Waals surface area contributed by atoms with Crippen LogP contribution in [0.25, 0.3) is 0 Å². The standard InChI is InChI=1S/C9H10Cl2O.3C2H6.CH5P/c1-5-4-6(2)8(11)9(12-3)7(5)10;4*1-2/h4H,1-3H3;3*1-2H3;2H2,1H3. The van der Waals surface area contributed by atoms with Crippen molar-refractivity contribution in [3.05, 3.63) is 27.2 Å². The Hall–Kier alpha value is 0.0300. The van der Waals surface area contributed by atoms with Gasteiger partial charge in [0.05, 0.1) is 17.2 Å². The van der Waals surface area contributed by atoms with Gasteiger partial charge in [-0.25, -0.2) is 0 Å². The van der Waals surface area contributed by atoms with Gasteiger partial charge in [-0.05, 0) is 25.0 Å². The van der Waals surface area contributed by atoms with Gasteiger partial charge in [-0.1, -0.05) is 77.5 Å². The second-order valence-electron chi connectivity index (χ2n) is 2.67. The molecule has 1 atom stereocenters. The lowest BCUT2D eigenvalue weighted by molar-refractivity contribution is 0.414. The third kappa shape index (κ3) is 10.8. The fourth-order valence-electron chi connectivity index (χ4n) is 1.09. The first-order valence-electron chi connectivity index (χ1n) is 7.15. The molecule has 20 heavy (non-hydrogen) atoms. The third-order valence-electron chi connectivity index (χ3n) is 1.73. The molecule has 0 bridgehead atoms. The molecule has 0 aliphatic rings. The van der Waals surface area contributed by atoms with E-state index in [0.29, 0.717) is 15.8 Å². The van der Waals surface area contributed by atoms with E-state index in [4.69, 9.17) is 27.9 Å². The molecule has 0 N–H and O–H groups in total. The average Bonchev–Trinajstić information content (AvgIpc) is 2.54. The highest BCUT2D eigenvalue weighted by molar-refractivity contribution is 7.15. The first kappa shape index (κ1) is 28.2. The van der Waals surface area contributed by atoms with Gasteiger partial charge < -0.3 is 4.74 Å². The van der Waals surface area contributed by atoms with Crippen molar-refractivity contribution in [2.24, 2.45) is 0 Å². The van der Waals surface area contributed by atoms with E-state index in [2.05, 4.69) is 9.24 Å². The Bertz CT molecular complexity index is 290. The van der Waals surface area contributed by atoms with Gasteiger partial charge in [0, 0.05) is 0 Å². The number of halogens is 2. The van der Waals surface area contributed by atoms with Crippen molar-refractivity contribution in [3.63, 3.8) is 0 Å². The molecule has 0 fully saturated rings. The summed E-state index contributed by atoms with van der Waals surface area (Å²) in [7, 11) is 3.98. The minimum Gasteiger partial charge on any atom is -0.494 e. The molecule has 0 heterocycles. The van der Waals surface area contributed by atoms with Gasteiger partial charge in [-0.3, -0.25) is 0 Å². The molecule has 1 rings (SSSR count). The molecule has 0 amide bonds. The van der Waals surface area contributed by atoms with Crippen LogP contribution < -0.4 is 4.74 Å². The topological polar surface area (TPSA) is 9.23 Å². The van der Waals surface area contributed by atoms with E-state index in [1.54, 1.807) is 7.11 Å². The largest absolute Gasteiger partial charge is 0.494 e. The summed E-state index contributed by atoms with van der Waals surface area (Å²) < 4.78 is 5.07. The van der Waals surface area contributed by atoms with E-state index in [1.807, 2.05) is 68.1 Å². The lowest BCUT2D eigenvalue weighted by Gasteiger charge is -2.09. The molecule has 1 nitrogen and oxygen atoms in total. The van der Waals surface area contributed by atoms with E-state index in [-0.39, 0.29) is 0 Å². The maximum absolute atomic E-state index is 5.96. The van der Waals surface area contributed by atoms with Crippen LogP contribution in [0.1, 0.15) is 52.7 Å². The maximum Gasteiger partial charge on any atom is 0.156 e. The molecular weight excluding hydrogens is 310 g/mol. The second kappa shape index (κ2) is 21.3. The van der Waals surface area contributed by atoms with Crippen LogP contribution in [0.3, 0.4) is 0 Å². The zero-order valence-electron chi connectivity index (χ0n) is 14.8. The molecule has 1 unspecified atom stereocenters. The summed E-state index contributed by atoms with van der Waals surface area (Å²) in [6.45, 7) is 17.8. The molecule has 0 spiro atoms. The smallest absolute Gasteiger partial charge is 0.156 e. The SMILES string of the molecule is CC.CC.CC.COc1c(Cl)c(C)cc(C)c1Cl.CP. The van der Waals surface area contributed by atoms with Crippen LogP contribution in [-0.2, 0) is 0 Å². The lowest BCUT2D eigenvalue weighted by atomic mass is 10.1. The number of rotatable bonds is 1. The van der Waals surface area contributed by atoms with Crippen LogP contribution in [0, 0.1) is 13.8 Å². The second-order valence-corrected chi connectivity index (χ2v) is 3.43. The van der Waals surface area contributed by atoms with Crippen molar-refractivity contribution >= 4 is 32.4 Å². The van der Waals surface area contributed by atoms with Crippen molar-refractivity contribution in [1.29, 1.82) is 0 Å². The lowest BCUT2D eigenvalue weighted by Crippen LogP contribution is -1.90. The van der Waals surface area contributed by atoms with Gasteiger partial charge in [0.15, 0.2) is 5.75 Å². The number of hydrogen-bond donors (Lipinski definition) is 0. The summed E-state index contributed by atoms with van der Waals surface area (Å²) in [5.74, 6) is 0.566. The Labute approximate surface area is 139 Å². The predicted octanol–water partition coefficient (Wildman–Crippen LogP) is 7.19. The van der Waals surface area contributed by atoms with Crippen molar-refractivity contribution in [3.8, 4) is 5.75 Å². The highest BCUT2D eigenvalue weighted by Crippen LogP contribution is 2.37. The number of hydrogen-bond acceptors (Lipinski definition) is 1. The molecule has 0 saturated carbocycles. The zero-order chi connectivity index (χ0) is 17.3. The molecular formula is C16H33Cl2OP. The fourth-order valence-corrected chi connectivity index (χ4v) is 1.59. The normalized spacial score (nSPS) is 7.25. The third-order valence-corrected chi connectivity index (χ3v) is 2.67. The Kier molecular flexibility index (Phi) is 30.1. The summed E-state index contributed by atoms with van der Waals surface area (Å²) in [4.78, 5) is 0. The van der Waals surface area contributed by atoms with Crippen molar-refractivity contribution < 1.29 is 4.74 Å². The molecule has 1 aromatic carbocycles. The van der Waals surface area contributed by atoms with E-state index in [1.165, 1.54) is 0 Å². The Morgan fingerprint density at radius 3 is 1.25 bits per heavy atom. The first-order chi connectivity index (χ1) is 9.57. The van der Waals surface area contributed by atoms with Gasteiger partial charge in [0.1, 0.15) is 0 Å². The van der Waals surface area contributed by atoms with E-state index in [9.17, 15) is 0 Å². The van der Waals surface area contributed by atoms with Crippen LogP contribution >= 0.6 is 32.4 Å². The molecule has 0 aromatic heterocycles. The van der Waals surface area contributed by atoms with E-state index >= 15 is 0 Å². The number of ether oxygens (including phenoxy) is 1. The van der Waals surface area contributed by atoms with E-state index in [0.717, 1.165) is 11.1 Å². The van der Waals surface area contributed by atoms with Gasteiger partial charge in [-0.2, -0.15) is 0 Å². The summed E-state index contributed by atoms with van der Waals surface area (Å²) >= 11 is 11.9. The van der Waals surface area contributed by atoms with Crippen LogP contribution in [0.4, 0.5) is 0 Å². The van der Waals surface area contributed by atoms with Crippen molar-refractivity contribution in [2.75, 3.05) is 13.8 Å². The van der Waals surface area contributed by atoms with Gasteiger partial charge in [-0.15, -0.1) is 9.24 Å². The van der Waals surface area contributed by atoms with Crippen LogP contribution in [-0.4, -0.2) is 13.8 Å². The maximum atomic E-state index is 5.96. The average molecular weight is 343 g/mol. The number of methoxy groups -OCH3 is 1.